The minimum absolute atomic E-state index is 0.0105. The van der Waals surface area contributed by atoms with E-state index in [9.17, 15) is 14.7 Å². The lowest BCUT2D eigenvalue weighted by atomic mass is 9.95. The van der Waals surface area contributed by atoms with Crippen molar-refractivity contribution in [2.45, 2.75) is 19.6 Å². The van der Waals surface area contributed by atoms with Crippen LogP contribution in [0.25, 0.3) is 5.76 Å². The summed E-state index contributed by atoms with van der Waals surface area (Å²) in [5.74, 6) is -0.0287. The first-order valence-electron chi connectivity index (χ1n) is 12.4. The quantitative estimate of drug-likeness (QED) is 0.270. The molecular formula is C30H29NO7. The second-order valence-electron chi connectivity index (χ2n) is 9.13. The van der Waals surface area contributed by atoms with Crippen LogP contribution in [0, 0.1) is 6.92 Å². The summed E-state index contributed by atoms with van der Waals surface area (Å²) in [5, 5.41) is 11.3. The molecule has 2 aliphatic heterocycles. The second kappa shape index (κ2) is 11.0. The predicted molar refractivity (Wildman–Crippen MR) is 140 cm³/mol. The number of carbonyl (C=O) groups is 2. The van der Waals surface area contributed by atoms with Crippen molar-refractivity contribution >= 4 is 17.4 Å². The maximum atomic E-state index is 13.2. The van der Waals surface area contributed by atoms with Gasteiger partial charge in [-0.25, -0.2) is 0 Å². The van der Waals surface area contributed by atoms with Gasteiger partial charge in [-0.05, 0) is 53.9 Å². The summed E-state index contributed by atoms with van der Waals surface area (Å²) in [6.07, 6.45) is 0. The van der Waals surface area contributed by atoms with Gasteiger partial charge in [0.15, 0.2) is 11.5 Å². The molecule has 3 aromatic carbocycles. The molecule has 8 nitrogen and oxygen atoms in total. The van der Waals surface area contributed by atoms with E-state index < -0.39 is 17.7 Å². The Balaban J connectivity index is 1.48. The lowest BCUT2D eigenvalue weighted by Crippen LogP contribution is -2.32. The van der Waals surface area contributed by atoms with E-state index in [0.29, 0.717) is 48.2 Å². The number of rotatable bonds is 8. The molecule has 0 bridgehead atoms. The van der Waals surface area contributed by atoms with Gasteiger partial charge in [0.05, 0.1) is 18.2 Å². The Hall–Kier alpha value is -4.30. The normalized spacial score (nSPS) is 18.1. The molecule has 2 heterocycles. The van der Waals surface area contributed by atoms with Crippen LogP contribution in [0.4, 0.5) is 0 Å². The molecule has 1 atom stereocenters. The number of aliphatic hydroxyl groups excluding tert-OH is 1. The topological polar surface area (TPSA) is 94.5 Å². The van der Waals surface area contributed by atoms with Crippen LogP contribution < -0.4 is 14.2 Å². The van der Waals surface area contributed by atoms with E-state index in [2.05, 4.69) is 0 Å². The summed E-state index contributed by atoms with van der Waals surface area (Å²) in [6.45, 7) is 3.71. The molecule has 0 spiro atoms. The summed E-state index contributed by atoms with van der Waals surface area (Å²) in [5.41, 5.74) is 3.27. The average Bonchev–Trinajstić information content (AvgIpc) is 3.20. The number of ketones is 1. The molecule has 0 radical (unpaired) electrons. The molecular weight excluding hydrogens is 486 g/mol. The monoisotopic (exact) mass is 515 g/mol. The summed E-state index contributed by atoms with van der Waals surface area (Å²) < 4.78 is 22.3. The Kier molecular flexibility index (Phi) is 7.33. The molecule has 0 saturated carbocycles. The van der Waals surface area contributed by atoms with Crippen LogP contribution in [-0.2, 0) is 20.9 Å². The third-order valence-electron chi connectivity index (χ3n) is 6.74. The number of aryl methyl sites for hydroxylation is 1. The van der Waals surface area contributed by atoms with Gasteiger partial charge in [0, 0.05) is 19.2 Å². The SMILES string of the molecule is COCCN1C(=O)C(=O)/C(=C(\O)c2ccc3c(c2)OCCO3)C1c1ccc(OCc2ccccc2C)cc1. The van der Waals surface area contributed by atoms with Gasteiger partial charge >= 0.3 is 0 Å². The Morgan fingerprint density at radius 2 is 1.74 bits per heavy atom. The number of benzene rings is 3. The smallest absolute Gasteiger partial charge is 0.295 e. The molecule has 196 valence electrons. The average molecular weight is 516 g/mol. The van der Waals surface area contributed by atoms with E-state index in [1.54, 1.807) is 42.5 Å². The third-order valence-corrected chi connectivity index (χ3v) is 6.74. The largest absolute Gasteiger partial charge is 0.507 e. The van der Waals surface area contributed by atoms with Crippen molar-refractivity contribution in [1.29, 1.82) is 0 Å². The lowest BCUT2D eigenvalue weighted by molar-refractivity contribution is -0.140. The summed E-state index contributed by atoms with van der Waals surface area (Å²) in [7, 11) is 1.53. The van der Waals surface area contributed by atoms with Crippen molar-refractivity contribution in [2.24, 2.45) is 0 Å². The first-order valence-corrected chi connectivity index (χ1v) is 12.4. The van der Waals surface area contributed by atoms with Crippen LogP contribution in [0.15, 0.2) is 72.3 Å². The number of Topliss-reactive ketones (excluding diaryl/α,β-unsaturated/α-hetero) is 1. The molecule has 1 N–H and O–H groups in total. The van der Waals surface area contributed by atoms with Gasteiger partial charge in [-0.2, -0.15) is 0 Å². The molecule has 3 aromatic rings. The van der Waals surface area contributed by atoms with Gasteiger partial charge in [0.2, 0.25) is 0 Å². The van der Waals surface area contributed by atoms with E-state index in [0.717, 1.165) is 11.1 Å². The van der Waals surface area contributed by atoms with Crippen LogP contribution in [0.3, 0.4) is 0 Å². The molecule has 5 rings (SSSR count). The molecule has 1 amide bonds. The number of fused-ring (bicyclic) bond motifs is 1. The molecule has 38 heavy (non-hydrogen) atoms. The van der Waals surface area contributed by atoms with Gasteiger partial charge in [-0.1, -0.05) is 36.4 Å². The molecule has 8 heteroatoms. The molecule has 1 saturated heterocycles. The Morgan fingerprint density at radius 1 is 1.00 bits per heavy atom. The number of amides is 1. The van der Waals surface area contributed by atoms with Crippen molar-refractivity contribution in [3.63, 3.8) is 0 Å². The Bertz CT molecular complexity index is 1380. The number of hydrogen-bond donors (Lipinski definition) is 1. The van der Waals surface area contributed by atoms with Gasteiger partial charge in [0.1, 0.15) is 31.3 Å². The number of likely N-dealkylation sites (tertiary alicyclic amines) is 1. The van der Waals surface area contributed by atoms with Crippen molar-refractivity contribution in [3.8, 4) is 17.2 Å². The highest BCUT2D eigenvalue weighted by molar-refractivity contribution is 6.46. The first kappa shape index (κ1) is 25.4. The van der Waals surface area contributed by atoms with E-state index in [1.165, 1.54) is 12.0 Å². The number of carbonyl (C=O) groups excluding carboxylic acids is 2. The number of ether oxygens (including phenoxy) is 4. The van der Waals surface area contributed by atoms with Gasteiger partial charge in [0.25, 0.3) is 11.7 Å². The minimum atomic E-state index is -0.788. The highest BCUT2D eigenvalue weighted by Crippen LogP contribution is 2.41. The number of methoxy groups -OCH3 is 1. The zero-order valence-corrected chi connectivity index (χ0v) is 21.3. The van der Waals surface area contributed by atoms with Crippen molar-refractivity contribution in [1.82, 2.24) is 4.90 Å². The van der Waals surface area contributed by atoms with E-state index in [4.69, 9.17) is 18.9 Å². The van der Waals surface area contributed by atoms with E-state index >= 15 is 0 Å². The zero-order valence-electron chi connectivity index (χ0n) is 21.3. The number of nitrogens with zero attached hydrogens (tertiary/aromatic N) is 1. The van der Waals surface area contributed by atoms with Gasteiger partial charge in [-0.3, -0.25) is 9.59 Å². The fraction of sp³-hybridized carbons (Fsp3) is 0.267. The summed E-state index contributed by atoms with van der Waals surface area (Å²) in [4.78, 5) is 27.7. The molecule has 1 fully saturated rings. The van der Waals surface area contributed by atoms with Gasteiger partial charge in [-0.15, -0.1) is 0 Å². The van der Waals surface area contributed by atoms with Crippen LogP contribution in [0.1, 0.15) is 28.3 Å². The van der Waals surface area contributed by atoms with E-state index in [1.807, 2.05) is 31.2 Å². The molecule has 0 aromatic heterocycles. The Labute approximate surface area is 221 Å². The van der Waals surface area contributed by atoms with Crippen molar-refractivity contribution < 1.29 is 33.6 Å². The highest BCUT2D eigenvalue weighted by Gasteiger charge is 2.46. The number of aliphatic hydroxyl groups is 1. The van der Waals surface area contributed by atoms with Crippen molar-refractivity contribution in [3.05, 3.63) is 94.6 Å². The number of hydrogen-bond acceptors (Lipinski definition) is 7. The van der Waals surface area contributed by atoms with Crippen molar-refractivity contribution in [2.75, 3.05) is 33.5 Å². The first-order chi connectivity index (χ1) is 18.5. The van der Waals surface area contributed by atoms with Crippen LogP contribution >= 0.6 is 0 Å². The Morgan fingerprint density at radius 3 is 2.47 bits per heavy atom. The standard InChI is InChI=1S/C30H29NO7/c1-19-5-3-4-6-22(19)18-38-23-10-7-20(8-11-23)27-26(29(33)30(34)31(27)13-14-35-2)28(32)21-9-12-24-25(17-21)37-16-15-36-24/h3-12,17,27,32H,13-16,18H2,1-2H3/b28-26-. The minimum Gasteiger partial charge on any atom is -0.507 e. The molecule has 1 unspecified atom stereocenters. The fourth-order valence-electron chi connectivity index (χ4n) is 4.67. The molecule has 0 aliphatic carbocycles. The highest BCUT2D eigenvalue weighted by atomic mass is 16.6. The van der Waals surface area contributed by atoms with E-state index in [-0.39, 0.29) is 24.5 Å². The fourth-order valence-corrected chi connectivity index (χ4v) is 4.67. The molecule has 2 aliphatic rings. The summed E-state index contributed by atoms with van der Waals surface area (Å²) in [6, 6.07) is 19.4. The zero-order chi connectivity index (χ0) is 26.6. The van der Waals surface area contributed by atoms with Crippen LogP contribution in [0.2, 0.25) is 0 Å². The maximum absolute atomic E-state index is 13.2. The maximum Gasteiger partial charge on any atom is 0.295 e. The van der Waals surface area contributed by atoms with Gasteiger partial charge < -0.3 is 29.0 Å². The second-order valence-corrected chi connectivity index (χ2v) is 9.13. The lowest BCUT2D eigenvalue weighted by Gasteiger charge is -2.25. The third kappa shape index (κ3) is 4.95. The predicted octanol–water partition coefficient (Wildman–Crippen LogP) is 4.41. The van der Waals surface area contributed by atoms with Crippen LogP contribution in [0.5, 0.6) is 17.2 Å². The van der Waals surface area contributed by atoms with Crippen LogP contribution in [-0.4, -0.2) is 55.2 Å². The summed E-state index contributed by atoms with van der Waals surface area (Å²) >= 11 is 0.